The van der Waals surface area contributed by atoms with E-state index in [0.717, 1.165) is 51.6 Å². The SMILES string of the molecule is O=C(C1CC1)N1CCC2(CCC(C3c4ccccc4-c4cncn43)C2O)CC1. The average Bonchev–Trinajstić information content (AvgIpc) is 3.29. The zero-order chi connectivity index (χ0) is 18.9. The molecule has 1 saturated heterocycles. The number of imidazole rings is 1. The van der Waals surface area contributed by atoms with Crippen LogP contribution >= 0.6 is 0 Å². The Labute approximate surface area is 165 Å². The van der Waals surface area contributed by atoms with Gasteiger partial charge in [-0.15, -0.1) is 0 Å². The molecule has 4 aliphatic rings. The van der Waals surface area contributed by atoms with Crippen LogP contribution in [0, 0.1) is 17.3 Å². The molecule has 5 heteroatoms. The Morgan fingerprint density at radius 2 is 1.89 bits per heavy atom. The molecule has 146 valence electrons. The summed E-state index contributed by atoms with van der Waals surface area (Å²) in [6, 6.07) is 8.74. The van der Waals surface area contributed by atoms with Crippen LogP contribution in [0.2, 0.25) is 0 Å². The third-order valence-corrected chi connectivity index (χ3v) is 7.93. The van der Waals surface area contributed by atoms with Crippen molar-refractivity contribution in [3.05, 3.63) is 42.4 Å². The number of rotatable bonds is 2. The van der Waals surface area contributed by atoms with E-state index in [1.165, 1.54) is 16.8 Å². The van der Waals surface area contributed by atoms with Crippen LogP contribution in [0.4, 0.5) is 0 Å². The third-order valence-electron chi connectivity index (χ3n) is 7.93. The van der Waals surface area contributed by atoms with E-state index in [1.807, 2.05) is 12.5 Å². The molecule has 5 nitrogen and oxygen atoms in total. The molecule has 1 N–H and O–H groups in total. The van der Waals surface area contributed by atoms with Gasteiger partial charge in [0.05, 0.1) is 30.4 Å². The van der Waals surface area contributed by atoms with Gasteiger partial charge in [-0.25, -0.2) is 4.98 Å². The summed E-state index contributed by atoms with van der Waals surface area (Å²) in [6.07, 6.45) is 9.66. The predicted octanol–water partition coefficient (Wildman–Crippen LogP) is 3.24. The first-order valence-corrected chi connectivity index (χ1v) is 10.8. The van der Waals surface area contributed by atoms with E-state index in [2.05, 4.69) is 38.7 Å². The number of aliphatic hydroxyl groups is 1. The van der Waals surface area contributed by atoms with Gasteiger partial charge in [0.2, 0.25) is 5.91 Å². The molecule has 0 bridgehead atoms. The quantitative estimate of drug-likeness (QED) is 0.874. The molecule has 3 heterocycles. The minimum atomic E-state index is -0.322. The largest absolute Gasteiger partial charge is 0.392 e. The van der Waals surface area contributed by atoms with Crippen LogP contribution in [-0.4, -0.2) is 44.7 Å². The summed E-state index contributed by atoms with van der Waals surface area (Å²) in [5.74, 6) is 0.860. The number of carbonyl (C=O) groups excluding carboxylic acids is 1. The molecule has 3 unspecified atom stereocenters. The van der Waals surface area contributed by atoms with E-state index < -0.39 is 0 Å². The summed E-state index contributed by atoms with van der Waals surface area (Å²) in [5.41, 5.74) is 3.72. The Morgan fingerprint density at radius 1 is 1.11 bits per heavy atom. The number of carbonyl (C=O) groups is 1. The molecule has 1 aromatic carbocycles. The minimum absolute atomic E-state index is 0.0245. The molecule has 2 aliphatic carbocycles. The monoisotopic (exact) mass is 377 g/mol. The lowest BCUT2D eigenvalue weighted by Gasteiger charge is -2.43. The van der Waals surface area contributed by atoms with Crippen LogP contribution in [0.25, 0.3) is 11.3 Å². The molecule has 3 fully saturated rings. The van der Waals surface area contributed by atoms with Gasteiger partial charge in [0.1, 0.15) is 0 Å². The van der Waals surface area contributed by atoms with Crippen molar-refractivity contribution in [3.8, 4) is 11.3 Å². The number of aliphatic hydroxyl groups excluding tert-OH is 1. The fraction of sp³-hybridized carbons (Fsp3) is 0.565. The lowest BCUT2D eigenvalue weighted by atomic mass is 9.73. The molecule has 28 heavy (non-hydrogen) atoms. The van der Waals surface area contributed by atoms with Gasteiger partial charge in [-0.1, -0.05) is 24.3 Å². The molecule has 1 amide bonds. The van der Waals surface area contributed by atoms with Gasteiger partial charge < -0.3 is 14.6 Å². The van der Waals surface area contributed by atoms with E-state index in [4.69, 9.17) is 0 Å². The second kappa shape index (κ2) is 5.93. The van der Waals surface area contributed by atoms with Crippen molar-refractivity contribution in [1.29, 1.82) is 0 Å². The second-order valence-electron chi connectivity index (χ2n) is 9.33. The number of benzene rings is 1. The summed E-state index contributed by atoms with van der Waals surface area (Å²) < 4.78 is 2.27. The van der Waals surface area contributed by atoms with Gasteiger partial charge in [-0.2, -0.15) is 0 Å². The maximum atomic E-state index is 12.4. The van der Waals surface area contributed by atoms with Crippen LogP contribution < -0.4 is 0 Å². The number of piperidine rings is 1. The summed E-state index contributed by atoms with van der Waals surface area (Å²) in [4.78, 5) is 18.9. The van der Waals surface area contributed by atoms with E-state index in [1.54, 1.807) is 0 Å². The Bertz CT molecular complexity index is 923. The summed E-state index contributed by atoms with van der Waals surface area (Å²) in [6.45, 7) is 1.63. The molecule has 6 rings (SSSR count). The van der Waals surface area contributed by atoms with Crippen molar-refractivity contribution in [1.82, 2.24) is 14.5 Å². The molecular weight excluding hydrogens is 350 g/mol. The van der Waals surface area contributed by atoms with E-state index >= 15 is 0 Å². The van der Waals surface area contributed by atoms with Crippen LogP contribution in [-0.2, 0) is 4.79 Å². The van der Waals surface area contributed by atoms with Crippen LogP contribution in [0.3, 0.4) is 0 Å². The summed E-state index contributed by atoms with van der Waals surface area (Å²) in [7, 11) is 0. The average molecular weight is 377 g/mol. The van der Waals surface area contributed by atoms with Gasteiger partial charge >= 0.3 is 0 Å². The maximum absolute atomic E-state index is 12.4. The Morgan fingerprint density at radius 3 is 2.68 bits per heavy atom. The van der Waals surface area contributed by atoms with Gasteiger partial charge in [-0.3, -0.25) is 4.79 Å². The maximum Gasteiger partial charge on any atom is 0.225 e. The predicted molar refractivity (Wildman–Crippen MR) is 106 cm³/mol. The number of hydrogen-bond donors (Lipinski definition) is 1. The zero-order valence-corrected chi connectivity index (χ0v) is 16.1. The van der Waals surface area contributed by atoms with E-state index in [0.29, 0.717) is 11.8 Å². The van der Waals surface area contributed by atoms with Crippen molar-refractivity contribution in [2.75, 3.05) is 13.1 Å². The molecular formula is C23H27N3O2. The third kappa shape index (κ3) is 2.29. The number of aromatic nitrogens is 2. The highest BCUT2D eigenvalue weighted by Gasteiger charge is 2.53. The van der Waals surface area contributed by atoms with Gasteiger partial charge in [-0.05, 0) is 44.1 Å². The number of likely N-dealkylation sites (tertiary alicyclic amines) is 1. The van der Waals surface area contributed by atoms with Crippen molar-refractivity contribution in [2.24, 2.45) is 17.3 Å². The van der Waals surface area contributed by atoms with E-state index in [9.17, 15) is 9.90 Å². The first-order chi connectivity index (χ1) is 13.7. The van der Waals surface area contributed by atoms with Gasteiger partial charge in [0.25, 0.3) is 0 Å². The van der Waals surface area contributed by atoms with Crippen LogP contribution in [0.15, 0.2) is 36.8 Å². The first kappa shape index (κ1) is 16.8. The van der Waals surface area contributed by atoms with Crippen LogP contribution in [0.5, 0.6) is 0 Å². The van der Waals surface area contributed by atoms with Crippen molar-refractivity contribution >= 4 is 5.91 Å². The summed E-state index contributed by atoms with van der Waals surface area (Å²) in [5, 5.41) is 11.5. The highest BCUT2D eigenvalue weighted by atomic mass is 16.3. The standard InChI is InChI=1S/C23H27N3O2/c27-21-18(20-17-4-2-1-3-16(17)19-13-24-14-26(19)20)7-8-23(21)9-11-25(12-10-23)22(28)15-5-6-15/h1-4,13-15,18,20-21,27H,5-12H2. The topological polar surface area (TPSA) is 58.4 Å². The minimum Gasteiger partial charge on any atom is -0.392 e. The second-order valence-corrected chi connectivity index (χ2v) is 9.33. The normalized spacial score (nSPS) is 30.5. The smallest absolute Gasteiger partial charge is 0.225 e. The van der Waals surface area contributed by atoms with Crippen molar-refractivity contribution in [2.45, 2.75) is 50.7 Å². The fourth-order valence-electron chi connectivity index (χ4n) is 6.16. The highest BCUT2D eigenvalue weighted by Crippen LogP contribution is 2.56. The van der Waals surface area contributed by atoms with Crippen LogP contribution in [0.1, 0.15) is 50.1 Å². The van der Waals surface area contributed by atoms with Gasteiger partial charge in [0, 0.05) is 35.9 Å². The first-order valence-electron chi connectivity index (χ1n) is 10.8. The van der Waals surface area contributed by atoms with Gasteiger partial charge in [0.15, 0.2) is 0 Å². The molecule has 2 aliphatic heterocycles. The number of amides is 1. The molecule has 0 radical (unpaired) electrons. The number of hydrogen-bond acceptors (Lipinski definition) is 3. The number of nitrogens with zero attached hydrogens (tertiary/aromatic N) is 3. The Balaban J connectivity index is 1.26. The van der Waals surface area contributed by atoms with E-state index in [-0.39, 0.29) is 23.5 Å². The number of fused-ring (bicyclic) bond motifs is 3. The zero-order valence-electron chi connectivity index (χ0n) is 16.1. The highest BCUT2D eigenvalue weighted by molar-refractivity contribution is 5.81. The summed E-state index contributed by atoms with van der Waals surface area (Å²) >= 11 is 0. The lowest BCUT2D eigenvalue weighted by Crippen LogP contribution is -2.48. The Hall–Kier alpha value is -2.14. The Kier molecular flexibility index (Phi) is 3.55. The molecule has 1 aromatic heterocycles. The fourth-order valence-corrected chi connectivity index (χ4v) is 6.16. The molecule has 2 aromatic rings. The van der Waals surface area contributed by atoms with Crippen molar-refractivity contribution in [3.63, 3.8) is 0 Å². The molecule has 1 spiro atoms. The van der Waals surface area contributed by atoms with Crippen molar-refractivity contribution < 1.29 is 9.90 Å². The molecule has 2 saturated carbocycles. The lowest BCUT2D eigenvalue weighted by molar-refractivity contribution is -0.136. The molecule has 3 atom stereocenters.